The van der Waals surface area contributed by atoms with Gasteiger partial charge in [0.2, 0.25) is 0 Å². The van der Waals surface area contributed by atoms with Crippen LogP contribution in [0, 0.1) is 0 Å². The topological polar surface area (TPSA) is 60.5 Å². The lowest BCUT2D eigenvalue weighted by molar-refractivity contribution is 0.393. The van der Waals surface area contributed by atoms with Gasteiger partial charge >= 0.3 is 7.75 Å². The maximum absolute atomic E-state index is 13.9. The summed E-state index contributed by atoms with van der Waals surface area (Å²) in [5.74, 6) is 0.884. The summed E-state index contributed by atoms with van der Waals surface area (Å²) in [5.41, 5.74) is 1.44. The first kappa shape index (κ1) is 19.2. The molecule has 0 aliphatic carbocycles. The standard InChI is InChI=1S/C25H19N2O3P/c28-31(29-21-11-3-1-4-12-21,30-22-13-5-2-6-14-22)27-23-15-7-9-19-16-17-20-10-8-18-26-25(20)24(19)23/h1-18H,(H,27,28). The summed E-state index contributed by atoms with van der Waals surface area (Å²) in [6, 6.07) is 31.6. The van der Waals surface area contributed by atoms with Crippen molar-refractivity contribution >= 4 is 35.1 Å². The molecule has 0 fully saturated rings. The van der Waals surface area contributed by atoms with Gasteiger partial charge in [-0.05, 0) is 41.8 Å². The van der Waals surface area contributed by atoms with E-state index in [0.717, 1.165) is 21.7 Å². The molecule has 0 atom stereocenters. The molecule has 1 aromatic heterocycles. The summed E-state index contributed by atoms with van der Waals surface area (Å²) in [7, 11) is -3.85. The number of rotatable bonds is 6. The van der Waals surface area contributed by atoms with Crippen molar-refractivity contribution in [1.82, 2.24) is 4.98 Å². The summed E-state index contributed by atoms with van der Waals surface area (Å²) in [4.78, 5) is 4.56. The second kappa shape index (κ2) is 8.13. The molecular weight excluding hydrogens is 407 g/mol. The third-order valence-electron chi connectivity index (χ3n) is 4.81. The van der Waals surface area contributed by atoms with Gasteiger partial charge < -0.3 is 9.05 Å². The quantitative estimate of drug-likeness (QED) is 0.232. The molecule has 1 N–H and O–H groups in total. The predicted octanol–water partition coefficient (Wildman–Crippen LogP) is 7.07. The fraction of sp³-hybridized carbons (Fsp3) is 0. The van der Waals surface area contributed by atoms with Crippen LogP contribution in [0.15, 0.2) is 109 Å². The van der Waals surface area contributed by atoms with Crippen LogP contribution in [0.4, 0.5) is 5.69 Å². The van der Waals surface area contributed by atoms with Crippen molar-refractivity contribution in [3.8, 4) is 11.5 Å². The zero-order chi connectivity index (χ0) is 21.1. The zero-order valence-corrected chi connectivity index (χ0v) is 17.4. The number of para-hydroxylation sites is 2. The molecule has 0 unspecified atom stereocenters. The maximum atomic E-state index is 13.9. The van der Waals surface area contributed by atoms with Crippen molar-refractivity contribution in [2.24, 2.45) is 0 Å². The van der Waals surface area contributed by atoms with Gasteiger partial charge in [-0.2, -0.15) is 0 Å². The average molecular weight is 426 g/mol. The molecule has 0 aliphatic rings. The SMILES string of the molecule is O=P(Nc1cccc2ccc3cccnc3c12)(Oc1ccccc1)Oc1ccccc1. The van der Waals surface area contributed by atoms with Gasteiger partial charge in [0.1, 0.15) is 11.5 Å². The molecule has 5 rings (SSSR count). The van der Waals surface area contributed by atoms with E-state index in [1.54, 1.807) is 30.5 Å². The van der Waals surface area contributed by atoms with Crippen LogP contribution in [0.2, 0.25) is 0 Å². The molecule has 0 saturated carbocycles. The van der Waals surface area contributed by atoms with Crippen LogP contribution in [0.1, 0.15) is 0 Å². The van der Waals surface area contributed by atoms with Gasteiger partial charge in [0.25, 0.3) is 0 Å². The number of hydrogen-bond acceptors (Lipinski definition) is 4. The Hall–Kier alpha value is -3.82. The van der Waals surface area contributed by atoms with Crippen molar-refractivity contribution in [2.75, 3.05) is 5.09 Å². The zero-order valence-electron chi connectivity index (χ0n) is 16.5. The highest BCUT2D eigenvalue weighted by atomic mass is 31.2. The molecule has 0 radical (unpaired) electrons. The number of pyridine rings is 1. The van der Waals surface area contributed by atoms with Crippen molar-refractivity contribution in [3.05, 3.63) is 109 Å². The smallest absolute Gasteiger partial charge is 0.400 e. The van der Waals surface area contributed by atoms with E-state index in [9.17, 15) is 4.57 Å². The average Bonchev–Trinajstić information content (AvgIpc) is 2.80. The minimum Gasteiger partial charge on any atom is -0.400 e. The second-order valence-corrected chi connectivity index (χ2v) is 8.55. The van der Waals surface area contributed by atoms with Crippen molar-refractivity contribution in [1.29, 1.82) is 0 Å². The van der Waals surface area contributed by atoms with E-state index in [4.69, 9.17) is 9.05 Å². The van der Waals surface area contributed by atoms with E-state index in [1.165, 1.54) is 0 Å². The van der Waals surface area contributed by atoms with Crippen LogP contribution in [0.3, 0.4) is 0 Å². The normalized spacial score (nSPS) is 11.4. The minimum absolute atomic E-state index is 0.442. The van der Waals surface area contributed by atoms with Crippen molar-refractivity contribution in [2.45, 2.75) is 0 Å². The van der Waals surface area contributed by atoms with Gasteiger partial charge in [-0.1, -0.05) is 66.7 Å². The number of hydrogen-bond donors (Lipinski definition) is 1. The van der Waals surface area contributed by atoms with E-state index < -0.39 is 7.75 Å². The summed E-state index contributed by atoms with van der Waals surface area (Å²) in [5, 5.41) is 5.88. The van der Waals surface area contributed by atoms with Crippen LogP contribution in [0.25, 0.3) is 21.7 Å². The van der Waals surface area contributed by atoms with E-state index in [2.05, 4.69) is 10.1 Å². The Morgan fingerprint density at radius 3 is 1.94 bits per heavy atom. The number of anilines is 1. The molecule has 4 aromatic carbocycles. The molecule has 0 amide bonds. The number of aromatic nitrogens is 1. The van der Waals surface area contributed by atoms with Crippen LogP contribution < -0.4 is 14.1 Å². The fourth-order valence-corrected chi connectivity index (χ4v) is 4.87. The molecule has 5 aromatic rings. The Morgan fingerprint density at radius 2 is 1.26 bits per heavy atom. The molecule has 5 nitrogen and oxygen atoms in total. The number of fused-ring (bicyclic) bond motifs is 3. The molecule has 152 valence electrons. The summed E-state index contributed by atoms with van der Waals surface area (Å²) < 4.78 is 25.7. The third kappa shape index (κ3) is 4.09. The lowest BCUT2D eigenvalue weighted by Gasteiger charge is -2.22. The Morgan fingerprint density at radius 1 is 0.645 bits per heavy atom. The first-order chi connectivity index (χ1) is 15.2. The van der Waals surface area contributed by atoms with Gasteiger partial charge in [0.05, 0.1) is 11.2 Å². The van der Waals surface area contributed by atoms with Gasteiger partial charge in [-0.3, -0.25) is 10.1 Å². The summed E-state index contributed by atoms with van der Waals surface area (Å²) >= 11 is 0. The predicted molar refractivity (Wildman–Crippen MR) is 125 cm³/mol. The molecule has 1 heterocycles. The van der Waals surface area contributed by atoms with Crippen molar-refractivity contribution in [3.63, 3.8) is 0 Å². The Bertz CT molecular complexity index is 1350. The van der Waals surface area contributed by atoms with Crippen LogP contribution in [-0.4, -0.2) is 4.98 Å². The monoisotopic (exact) mass is 426 g/mol. The maximum Gasteiger partial charge on any atom is 0.541 e. The van der Waals surface area contributed by atoms with Gasteiger partial charge in [-0.15, -0.1) is 0 Å². The second-order valence-electron chi connectivity index (χ2n) is 6.96. The molecular formula is C25H19N2O3P. The highest BCUT2D eigenvalue weighted by molar-refractivity contribution is 7.56. The Balaban J connectivity index is 1.61. The lowest BCUT2D eigenvalue weighted by Crippen LogP contribution is -2.10. The minimum atomic E-state index is -3.85. The molecule has 0 aliphatic heterocycles. The number of nitrogens with zero attached hydrogens (tertiary/aromatic N) is 1. The Labute approximate surface area is 179 Å². The molecule has 0 bridgehead atoms. The Kier molecular flexibility index (Phi) is 5.03. The third-order valence-corrected chi connectivity index (χ3v) is 6.23. The van der Waals surface area contributed by atoms with E-state index in [0.29, 0.717) is 17.2 Å². The van der Waals surface area contributed by atoms with Crippen LogP contribution >= 0.6 is 7.75 Å². The van der Waals surface area contributed by atoms with E-state index >= 15 is 0 Å². The van der Waals surface area contributed by atoms with Gasteiger partial charge in [-0.25, -0.2) is 4.57 Å². The lowest BCUT2D eigenvalue weighted by atomic mass is 10.0. The summed E-state index contributed by atoms with van der Waals surface area (Å²) in [6.45, 7) is 0. The van der Waals surface area contributed by atoms with Crippen LogP contribution in [0.5, 0.6) is 11.5 Å². The van der Waals surface area contributed by atoms with Crippen molar-refractivity contribution < 1.29 is 13.6 Å². The first-order valence-corrected chi connectivity index (χ1v) is 11.4. The van der Waals surface area contributed by atoms with Crippen LogP contribution in [-0.2, 0) is 4.57 Å². The van der Waals surface area contributed by atoms with Gasteiger partial charge in [0.15, 0.2) is 0 Å². The highest BCUT2D eigenvalue weighted by Crippen LogP contribution is 2.49. The van der Waals surface area contributed by atoms with Gasteiger partial charge in [0, 0.05) is 17.0 Å². The summed E-state index contributed by atoms with van der Waals surface area (Å²) in [6.07, 6.45) is 1.75. The first-order valence-electron chi connectivity index (χ1n) is 9.84. The molecule has 0 saturated heterocycles. The van der Waals surface area contributed by atoms with E-state index in [1.807, 2.05) is 78.9 Å². The molecule has 6 heteroatoms. The molecule has 0 spiro atoms. The highest BCUT2D eigenvalue weighted by Gasteiger charge is 2.30. The number of benzene rings is 4. The largest absolute Gasteiger partial charge is 0.541 e. The molecule has 31 heavy (non-hydrogen) atoms. The van der Waals surface area contributed by atoms with E-state index in [-0.39, 0.29) is 0 Å². The number of nitrogens with one attached hydrogen (secondary N) is 1. The fourth-order valence-electron chi connectivity index (χ4n) is 3.46.